The van der Waals surface area contributed by atoms with Gasteiger partial charge in [0, 0.05) is 7.05 Å². The van der Waals surface area contributed by atoms with E-state index in [0.717, 1.165) is 17.9 Å². The van der Waals surface area contributed by atoms with Gasteiger partial charge in [-0.3, -0.25) is 0 Å². The minimum atomic E-state index is 0.299. The highest BCUT2D eigenvalue weighted by Crippen LogP contribution is 2.19. The maximum absolute atomic E-state index is 4.74. The van der Waals surface area contributed by atoms with Gasteiger partial charge in [0.2, 0.25) is 0 Å². The van der Waals surface area contributed by atoms with E-state index in [9.17, 15) is 0 Å². The van der Waals surface area contributed by atoms with Crippen molar-refractivity contribution in [1.29, 1.82) is 0 Å². The quantitative estimate of drug-likeness (QED) is 0.751. The number of aryl methyl sites for hydroxylation is 1. The summed E-state index contributed by atoms with van der Waals surface area (Å²) in [6.45, 7) is 3.27. The van der Waals surface area contributed by atoms with Gasteiger partial charge in [0.15, 0.2) is 0 Å². The Bertz CT molecular complexity index is 536. The van der Waals surface area contributed by atoms with Crippen molar-refractivity contribution in [1.82, 2.24) is 14.9 Å². The zero-order chi connectivity index (χ0) is 14.4. The first-order valence-electron chi connectivity index (χ1n) is 7.37. The molecule has 0 aliphatic rings. The highest BCUT2D eigenvalue weighted by molar-refractivity contribution is 7.98. The molecule has 1 unspecified atom stereocenters. The summed E-state index contributed by atoms with van der Waals surface area (Å²) < 4.78 is 2.20. The highest BCUT2D eigenvalue weighted by Gasteiger charge is 2.13. The number of hydrogen-bond acceptors (Lipinski definition) is 3. The molecule has 110 valence electrons. The number of nitrogens with one attached hydrogen (secondary N) is 1. The molecule has 3 nitrogen and oxygen atoms in total. The van der Waals surface area contributed by atoms with E-state index in [-0.39, 0.29) is 0 Å². The summed E-state index contributed by atoms with van der Waals surface area (Å²) >= 11 is 1.93. The summed E-state index contributed by atoms with van der Waals surface area (Å²) in [6.07, 6.45) is 6.05. The molecule has 1 heterocycles. The van der Waals surface area contributed by atoms with Gasteiger partial charge >= 0.3 is 0 Å². The van der Waals surface area contributed by atoms with Gasteiger partial charge in [-0.25, -0.2) is 4.98 Å². The van der Waals surface area contributed by atoms with Gasteiger partial charge in [0.05, 0.1) is 17.1 Å². The Morgan fingerprint density at radius 2 is 2.05 bits per heavy atom. The zero-order valence-electron chi connectivity index (χ0n) is 12.7. The van der Waals surface area contributed by atoms with Crippen molar-refractivity contribution in [3.63, 3.8) is 0 Å². The molecule has 0 saturated carbocycles. The van der Waals surface area contributed by atoms with Gasteiger partial charge in [0.25, 0.3) is 0 Å². The zero-order valence-corrected chi connectivity index (χ0v) is 13.5. The molecule has 1 atom stereocenters. The van der Waals surface area contributed by atoms with Gasteiger partial charge in [-0.05, 0) is 50.5 Å². The molecule has 0 fully saturated rings. The van der Waals surface area contributed by atoms with Crippen LogP contribution in [0.25, 0.3) is 11.0 Å². The lowest BCUT2D eigenvalue weighted by Crippen LogP contribution is -2.22. The van der Waals surface area contributed by atoms with E-state index in [1.54, 1.807) is 0 Å². The number of hydrogen-bond donors (Lipinski definition) is 1. The van der Waals surface area contributed by atoms with E-state index in [1.807, 2.05) is 17.8 Å². The molecular weight excluding hydrogens is 266 g/mol. The molecule has 0 saturated heterocycles. The Hall–Kier alpha value is -1.00. The summed E-state index contributed by atoms with van der Waals surface area (Å²) in [6, 6.07) is 8.61. The first-order valence-corrected chi connectivity index (χ1v) is 8.77. The van der Waals surface area contributed by atoms with Crippen LogP contribution in [0.2, 0.25) is 0 Å². The van der Waals surface area contributed by atoms with E-state index in [2.05, 4.69) is 48.3 Å². The van der Waals surface area contributed by atoms with E-state index in [1.165, 1.54) is 30.5 Å². The number of unbranched alkanes of at least 4 members (excludes halogenated alkanes) is 2. The maximum atomic E-state index is 4.74. The van der Waals surface area contributed by atoms with Crippen LogP contribution in [0.3, 0.4) is 0 Å². The number of aromatic nitrogens is 2. The van der Waals surface area contributed by atoms with E-state index >= 15 is 0 Å². The minimum absolute atomic E-state index is 0.299. The largest absolute Gasteiger partial charge is 0.330 e. The molecule has 1 N–H and O–H groups in total. The summed E-state index contributed by atoms with van der Waals surface area (Å²) in [5.74, 6) is 2.40. The van der Waals surface area contributed by atoms with Gasteiger partial charge in [-0.1, -0.05) is 18.6 Å². The molecule has 0 spiro atoms. The summed E-state index contributed by atoms with van der Waals surface area (Å²) in [7, 11) is 2.10. The second-order valence-corrected chi connectivity index (χ2v) is 6.23. The topological polar surface area (TPSA) is 29.9 Å². The third-order valence-electron chi connectivity index (χ3n) is 3.68. The number of rotatable bonds is 8. The van der Waals surface area contributed by atoms with E-state index in [0.29, 0.717) is 6.04 Å². The fraction of sp³-hybridized carbons (Fsp3) is 0.562. The highest BCUT2D eigenvalue weighted by atomic mass is 32.2. The molecule has 0 aliphatic heterocycles. The average Bonchev–Trinajstić information content (AvgIpc) is 2.80. The minimum Gasteiger partial charge on any atom is -0.330 e. The van der Waals surface area contributed by atoms with Crippen LogP contribution in [-0.4, -0.2) is 28.1 Å². The van der Waals surface area contributed by atoms with Crippen molar-refractivity contribution in [2.24, 2.45) is 7.05 Å². The van der Waals surface area contributed by atoms with Crippen molar-refractivity contribution in [3.05, 3.63) is 30.1 Å². The van der Waals surface area contributed by atoms with E-state index < -0.39 is 0 Å². The van der Waals surface area contributed by atoms with Crippen LogP contribution < -0.4 is 5.32 Å². The second-order valence-electron chi connectivity index (χ2n) is 5.25. The number of para-hydroxylation sites is 2. The molecule has 20 heavy (non-hydrogen) atoms. The Kier molecular flexibility index (Phi) is 5.92. The lowest BCUT2D eigenvalue weighted by atomic mass is 10.2. The van der Waals surface area contributed by atoms with Crippen LogP contribution in [0, 0.1) is 0 Å². The molecule has 0 radical (unpaired) electrons. The first kappa shape index (κ1) is 15.4. The lowest BCUT2D eigenvalue weighted by Gasteiger charge is -2.13. The van der Waals surface area contributed by atoms with E-state index in [4.69, 9.17) is 4.98 Å². The maximum Gasteiger partial charge on any atom is 0.126 e. The Balaban J connectivity index is 1.88. The summed E-state index contributed by atoms with van der Waals surface area (Å²) in [4.78, 5) is 4.74. The van der Waals surface area contributed by atoms with Gasteiger partial charge in [-0.2, -0.15) is 11.8 Å². The molecular formula is C16H25N3S. The lowest BCUT2D eigenvalue weighted by molar-refractivity contribution is 0.514. The second kappa shape index (κ2) is 7.70. The van der Waals surface area contributed by atoms with Crippen molar-refractivity contribution in [2.45, 2.75) is 32.2 Å². The standard InChI is InChI=1S/C16H25N3S/c1-13(17-11-7-4-8-12-20-3)16-18-14-9-5-6-10-15(14)19(16)2/h5-6,9-10,13,17H,4,7-8,11-12H2,1-3H3. The number of benzene rings is 1. The van der Waals surface area contributed by atoms with Gasteiger partial charge in [0.1, 0.15) is 5.82 Å². The molecule has 4 heteroatoms. The van der Waals surface area contributed by atoms with Crippen LogP contribution in [0.15, 0.2) is 24.3 Å². The van der Waals surface area contributed by atoms with Crippen molar-refractivity contribution in [2.75, 3.05) is 18.6 Å². The number of imidazole rings is 1. The van der Waals surface area contributed by atoms with Crippen LogP contribution in [0.1, 0.15) is 38.1 Å². The SMILES string of the molecule is CSCCCCCNC(C)c1nc2ccccc2n1C. The Labute approximate surface area is 126 Å². The fourth-order valence-corrected chi connectivity index (χ4v) is 3.00. The fourth-order valence-electron chi connectivity index (χ4n) is 2.51. The molecule has 0 bridgehead atoms. The third-order valence-corrected chi connectivity index (χ3v) is 4.38. The smallest absolute Gasteiger partial charge is 0.126 e. The predicted octanol–water partition coefficient (Wildman–Crippen LogP) is 3.76. The van der Waals surface area contributed by atoms with Crippen LogP contribution in [-0.2, 0) is 7.05 Å². The van der Waals surface area contributed by atoms with Gasteiger partial charge < -0.3 is 9.88 Å². The molecule has 1 aromatic carbocycles. The van der Waals surface area contributed by atoms with Crippen molar-refractivity contribution in [3.8, 4) is 0 Å². The summed E-state index contributed by atoms with van der Waals surface area (Å²) in [5.41, 5.74) is 2.29. The molecule has 1 aromatic heterocycles. The van der Waals surface area contributed by atoms with Crippen molar-refractivity contribution >= 4 is 22.8 Å². The molecule has 0 aliphatic carbocycles. The number of nitrogens with zero attached hydrogens (tertiary/aromatic N) is 2. The normalized spacial score (nSPS) is 12.9. The number of thioether (sulfide) groups is 1. The number of fused-ring (bicyclic) bond motifs is 1. The summed E-state index contributed by atoms with van der Waals surface area (Å²) in [5, 5.41) is 3.59. The monoisotopic (exact) mass is 291 g/mol. The van der Waals surface area contributed by atoms with Gasteiger partial charge in [-0.15, -0.1) is 0 Å². The van der Waals surface area contributed by atoms with Crippen molar-refractivity contribution < 1.29 is 0 Å². The molecule has 2 rings (SSSR count). The Morgan fingerprint density at radius 3 is 2.80 bits per heavy atom. The molecule has 0 amide bonds. The average molecular weight is 291 g/mol. The van der Waals surface area contributed by atoms with Crippen LogP contribution >= 0.6 is 11.8 Å². The predicted molar refractivity (Wildman–Crippen MR) is 89.4 cm³/mol. The van der Waals surface area contributed by atoms with Crippen LogP contribution in [0.5, 0.6) is 0 Å². The molecule has 2 aromatic rings. The third kappa shape index (κ3) is 3.76. The van der Waals surface area contributed by atoms with Crippen LogP contribution in [0.4, 0.5) is 0 Å². The first-order chi connectivity index (χ1) is 9.74. The Morgan fingerprint density at radius 1 is 1.25 bits per heavy atom.